The molecule has 1 aromatic rings. The highest BCUT2D eigenvalue weighted by Gasteiger charge is 2.29. The van der Waals surface area contributed by atoms with Crippen LogP contribution >= 0.6 is 0 Å². The van der Waals surface area contributed by atoms with Crippen LogP contribution in [0, 0.1) is 0 Å². The number of carbonyl (C=O) groups is 2. The van der Waals surface area contributed by atoms with Gasteiger partial charge in [-0.2, -0.15) is 0 Å². The van der Waals surface area contributed by atoms with Crippen molar-refractivity contribution in [1.82, 2.24) is 14.7 Å². The van der Waals surface area contributed by atoms with Gasteiger partial charge in [0, 0.05) is 39.8 Å². The second-order valence-corrected chi connectivity index (χ2v) is 6.87. The minimum Gasteiger partial charge on any atom is -0.376 e. The third-order valence-electron chi connectivity index (χ3n) is 4.86. The number of ether oxygens (including phenoxy) is 1. The fraction of sp³-hybridized carbons (Fsp3) is 0.500. The Bertz CT molecular complexity index is 641. The lowest BCUT2D eigenvalue weighted by Crippen LogP contribution is -2.44. The predicted octanol–water partition coefficient (Wildman–Crippen LogP) is 2.07. The summed E-state index contributed by atoms with van der Waals surface area (Å²) in [6.07, 6.45) is 6.14. The molecule has 0 spiro atoms. The summed E-state index contributed by atoms with van der Waals surface area (Å²) in [6.45, 7) is 3.28. The SMILES string of the molecule is CN1CCN(CC(=O)N(CC=Cc2ccccc2)CC2CCCO2)C1=O. The Morgan fingerprint density at radius 2 is 2.12 bits per heavy atom. The van der Waals surface area contributed by atoms with Gasteiger partial charge in [-0.15, -0.1) is 0 Å². The van der Waals surface area contributed by atoms with Gasteiger partial charge in [-0.3, -0.25) is 4.79 Å². The smallest absolute Gasteiger partial charge is 0.320 e. The number of likely N-dealkylation sites (N-methyl/N-ethyl adjacent to an activating group) is 1. The Labute approximate surface area is 155 Å². The van der Waals surface area contributed by atoms with Crippen molar-refractivity contribution >= 4 is 18.0 Å². The van der Waals surface area contributed by atoms with Crippen LogP contribution in [0.25, 0.3) is 6.08 Å². The Kier molecular flexibility index (Phi) is 6.28. The van der Waals surface area contributed by atoms with E-state index in [0.717, 1.165) is 25.0 Å². The number of hydrogen-bond acceptors (Lipinski definition) is 3. The van der Waals surface area contributed by atoms with E-state index < -0.39 is 0 Å². The highest BCUT2D eigenvalue weighted by molar-refractivity contribution is 5.85. The number of hydrogen-bond donors (Lipinski definition) is 0. The highest BCUT2D eigenvalue weighted by Crippen LogP contribution is 2.15. The third-order valence-corrected chi connectivity index (χ3v) is 4.86. The molecule has 2 saturated heterocycles. The molecule has 140 valence electrons. The van der Waals surface area contributed by atoms with Crippen molar-refractivity contribution in [3.8, 4) is 0 Å². The maximum absolute atomic E-state index is 12.8. The Hall–Kier alpha value is -2.34. The molecule has 1 unspecified atom stereocenters. The Balaban J connectivity index is 1.61. The first kappa shape index (κ1) is 18.5. The molecular weight excluding hydrogens is 330 g/mol. The first-order valence-corrected chi connectivity index (χ1v) is 9.24. The molecule has 3 amide bonds. The number of carbonyl (C=O) groups excluding carboxylic acids is 2. The minimum absolute atomic E-state index is 0.0261. The largest absolute Gasteiger partial charge is 0.376 e. The van der Waals surface area contributed by atoms with Gasteiger partial charge in [0.1, 0.15) is 6.54 Å². The average Bonchev–Trinajstić information content (AvgIpc) is 3.27. The van der Waals surface area contributed by atoms with Crippen LogP contribution in [0.5, 0.6) is 0 Å². The van der Waals surface area contributed by atoms with Gasteiger partial charge >= 0.3 is 6.03 Å². The second-order valence-electron chi connectivity index (χ2n) is 6.87. The van der Waals surface area contributed by atoms with Gasteiger partial charge < -0.3 is 19.4 Å². The molecule has 2 aliphatic heterocycles. The van der Waals surface area contributed by atoms with E-state index >= 15 is 0 Å². The highest BCUT2D eigenvalue weighted by atomic mass is 16.5. The van der Waals surface area contributed by atoms with E-state index in [1.54, 1.807) is 21.7 Å². The van der Waals surface area contributed by atoms with Crippen LogP contribution in [0.15, 0.2) is 36.4 Å². The number of amides is 3. The van der Waals surface area contributed by atoms with Gasteiger partial charge in [0.15, 0.2) is 0 Å². The molecule has 0 aromatic heterocycles. The molecular formula is C20H27N3O3. The normalized spacial score (nSPS) is 20.3. The van der Waals surface area contributed by atoms with Crippen LogP contribution in [0.1, 0.15) is 18.4 Å². The van der Waals surface area contributed by atoms with E-state index in [1.165, 1.54) is 0 Å². The van der Waals surface area contributed by atoms with E-state index in [0.29, 0.717) is 26.2 Å². The molecule has 6 nitrogen and oxygen atoms in total. The Morgan fingerprint density at radius 1 is 1.31 bits per heavy atom. The number of benzene rings is 1. The summed E-state index contributed by atoms with van der Waals surface area (Å²) in [5, 5.41) is 0. The molecule has 0 aliphatic carbocycles. The zero-order valence-electron chi connectivity index (χ0n) is 15.3. The molecule has 0 N–H and O–H groups in total. The molecule has 6 heteroatoms. The lowest BCUT2D eigenvalue weighted by molar-refractivity contribution is -0.132. The fourth-order valence-electron chi connectivity index (χ4n) is 3.31. The van der Waals surface area contributed by atoms with Gasteiger partial charge in [-0.25, -0.2) is 4.79 Å². The lowest BCUT2D eigenvalue weighted by atomic mass is 10.2. The van der Waals surface area contributed by atoms with E-state index in [-0.39, 0.29) is 24.6 Å². The van der Waals surface area contributed by atoms with E-state index in [1.807, 2.05) is 42.5 Å². The monoisotopic (exact) mass is 357 g/mol. The molecule has 2 fully saturated rings. The van der Waals surface area contributed by atoms with Crippen molar-refractivity contribution in [3.05, 3.63) is 42.0 Å². The first-order valence-electron chi connectivity index (χ1n) is 9.24. The van der Waals surface area contributed by atoms with Crippen molar-refractivity contribution < 1.29 is 14.3 Å². The van der Waals surface area contributed by atoms with Crippen LogP contribution in [0.2, 0.25) is 0 Å². The molecule has 2 aliphatic rings. The molecule has 1 atom stereocenters. The zero-order chi connectivity index (χ0) is 18.4. The van der Waals surface area contributed by atoms with Crippen molar-refractivity contribution in [2.24, 2.45) is 0 Å². The summed E-state index contributed by atoms with van der Waals surface area (Å²) in [4.78, 5) is 29.9. The number of urea groups is 1. The van der Waals surface area contributed by atoms with Gasteiger partial charge in [-0.1, -0.05) is 42.5 Å². The fourth-order valence-corrected chi connectivity index (χ4v) is 3.31. The quantitative estimate of drug-likeness (QED) is 0.751. The summed E-state index contributed by atoms with van der Waals surface area (Å²) in [6, 6.07) is 9.95. The standard InChI is InChI=1S/C20H27N3O3/c1-21-12-13-23(20(21)25)16-19(24)22(15-18-10-6-14-26-18)11-5-9-17-7-3-2-4-8-17/h2-5,7-9,18H,6,10-16H2,1H3. The van der Waals surface area contributed by atoms with Crippen LogP contribution in [-0.2, 0) is 9.53 Å². The average molecular weight is 357 g/mol. The minimum atomic E-state index is -0.0738. The van der Waals surface area contributed by atoms with Gasteiger partial charge in [0.25, 0.3) is 0 Å². The summed E-state index contributed by atoms with van der Waals surface area (Å²) in [5.41, 5.74) is 1.10. The van der Waals surface area contributed by atoms with Crippen molar-refractivity contribution in [1.29, 1.82) is 0 Å². The molecule has 26 heavy (non-hydrogen) atoms. The lowest BCUT2D eigenvalue weighted by Gasteiger charge is -2.26. The van der Waals surface area contributed by atoms with Crippen molar-refractivity contribution in [2.45, 2.75) is 18.9 Å². The van der Waals surface area contributed by atoms with Crippen LogP contribution in [-0.4, -0.2) is 79.1 Å². The summed E-state index contributed by atoms with van der Waals surface area (Å²) < 4.78 is 5.70. The van der Waals surface area contributed by atoms with Gasteiger partial charge in [0.2, 0.25) is 5.91 Å². The number of rotatable bonds is 7. The van der Waals surface area contributed by atoms with Crippen LogP contribution in [0.3, 0.4) is 0 Å². The topological polar surface area (TPSA) is 53.1 Å². The predicted molar refractivity (Wildman–Crippen MR) is 101 cm³/mol. The maximum atomic E-state index is 12.8. The first-order chi connectivity index (χ1) is 12.6. The van der Waals surface area contributed by atoms with Crippen molar-refractivity contribution in [3.63, 3.8) is 0 Å². The van der Waals surface area contributed by atoms with Crippen molar-refractivity contribution in [2.75, 3.05) is 46.4 Å². The summed E-state index contributed by atoms with van der Waals surface area (Å²) in [5.74, 6) is -0.0261. The molecule has 1 aromatic carbocycles. The van der Waals surface area contributed by atoms with Gasteiger partial charge in [-0.05, 0) is 18.4 Å². The van der Waals surface area contributed by atoms with Gasteiger partial charge in [0.05, 0.1) is 6.10 Å². The summed E-state index contributed by atoms with van der Waals surface area (Å²) in [7, 11) is 1.76. The van der Waals surface area contributed by atoms with Crippen LogP contribution in [0.4, 0.5) is 4.79 Å². The third kappa shape index (κ3) is 4.85. The summed E-state index contributed by atoms with van der Waals surface area (Å²) >= 11 is 0. The molecule has 0 radical (unpaired) electrons. The van der Waals surface area contributed by atoms with E-state index in [9.17, 15) is 9.59 Å². The van der Waals surface area contributed by atoms with E-state index in [4.69, 9.17) is 4.74 Å². The molecule has 0 saturated carbocycles. The Morgan fingerprint density at radius 3 is 2.77 bits per heavy atom. The molecule has 2 heterocycles. The second kappa shape index (κ2) is 8.85. The van der Waals surface area contributed by atoms with E-state index in [2.05, 4.69) is 0 Å². The van der Waals surface area contributed by atoms with Crippen LogP contribution < -0.4 is 0 Å². The molecule has 0 bridgehead atoms. The number of nitrogens with zero attached hydrogens (tertiary/aromatic N) is 3. The zero-order valence-corrected chi connectivity index (χ0v) is 15.3. The molecule has 3 rings (SSSR count). The maximum Gasteiger partial charge on any atom is 0.320 e.